The number of nitrogens with zero attached hydrogens (tertiary/aromatic N) is 4. The van der Waals surface area contributed by atoms with Gasteiger partial charge in [-0.25, -0.2) is 9.97 Å². The minimum Gasteiger partial charge on any atom is -0.325 e. The molecule has 0 saturated heterocycles. The summed E-state index contributed by atoms with van der Waals surface area (Å²) in [5, 5.41) is 1.20. The largest absolute Gasteiger partial charge is 0.325 e. The molecule has 0 fully saturated rings. The maximum Gasteiger partial charge on any atom is 0.223 e. The van der Waals surface area contributed by atoms with Gasteiger partial charge in [0.25, 0.3) is 0 Å². The Bertz CT molecular complexity index is 606. The van der Waals surface area contributed by atoms with E-state index in [1.807, 2.05) is 34.0 Å². The van der Waals surface area contributed by atoms with Gasteiger partial charge in [0.2, 0.25) is 5.28 Å². The highest BCUT2D eigenvalue weighted by molar-refractivity contribution is 6.28. The summed E-state index contributed by atoms with van der Waals surface area (Å²) in [7, 11) is 4.03. The van der Waals surface area contributed by atoms with E-state index in [1.165, 1.54) is 0 Å². The van der Waals surface area contributed by atoms with E-state index in [9.17, 15) is 0 Å². The standard InChI is InChI=1S/C14H20ClN5/c1-14(2,16)7-11(20(3)4)12-9-5-6-17-8-10(9)18-13(15)19-12/h5-6,8,11H,7,16H2,1-4H3. The summed E-state index contributed by atoms with van der Waals surface area (Å²) in [5.41, 5.74) is 7.53. The fourth-order valence-electron chi connectivity index (χ4n) is 2.25. The molecule has 0 radical (unpaired) electrons. The van der Waals surface area contributed by atoms with E-state index in [-0.39, 0.29) is 16.9 Å². The van der Waals surface area contributed by atoms with Crippen LogP contribution in [0.4, 0.5) is 0 Å². The second kappa shape index (κ2) is 5.60. The molecule has 0 spiro atoms. The van der Waals surface area contributed by atoms with Crippen LogP contribution in [0.25, 0.3) is 10.9 Å². The van der Waals surface area contributed by atoms with Crippen molar-refractivity contribution in [2.24, 2.45) is 5.73 Å². The van der Waals surface area contributed by atoms with E-state index in [4.69, 9.17) is 17.3 Å². The van der Waals surface area contributed by atoms with Gasteiger partial charge >= 0.3 is 0 Å². The van der Waals surface area contributed by atoms with Gasteiger partial charge in [0.1, 0.15) is 0 Å². The number of nitrogens with two attached hydrogens (primary N) is 1. The molecular weight excluding hydrogens is 274 g/mol. The van der Waals surface area contributed by atoms with E-state index in [0.717, 1.165) is 23.0 Å². The molecule has 1 atom stereocenters. The Morgan fingerprint density at radius 2 is 2.05 bits per heavy atom. The molecule has 2 aromatic rings. The number of fused-ring (bicyclic) bond motifs is 1. The molecule has 2 N–H and O–H groups in total. The van der Waals surface area contributed by atoms with Crippen molar-refractivity contribution in [1.29, 1.82) is 0 Å². The number of pyridine rings is 1. The number of aromatic nitrogens is 3. The summed E-state index contributed by atoms with van der Waals surface area (Å²) in [6.07, 6.45) is 4.21. The zero-order valence-electron chi connectivity index (χ0n) is 12.3. The number of rotatable bonds is 4. The topological polar surface area (TPSA) is 67.9 Å². The van der Waals surface area contributed by atoms with Crippen LogP contribution >= 0.6 is 11.6 Å². The maximum atomic E-state index is 6.18. The van der Waals surface area contributed by atoms with Crippen LogP contribution in [0, 0.1) is 0 Å². The predicted molar refractivity (Wildman–Crippen MR) is 81.7 cm³/mol. The maximum absolute atomic E-state index is 6.18. The highest BCUT2D eigenvalue weighted by Crippen LogP contribution is 2.30. The quantitative estimate of drug-likeness (QED) is 0.877. The van der Waals surface area contributed by atoms with Gasteiger partial charge in [0.05, 0.1) is 23.4 Å². The third-order valence-electron chi connectivity index (χ3n) is 3.16. The van der Waals surface area contributed by atoms with Crippen molar-refractivity contribution < 1.29 is 0 Å². The van der Waals surface area contributed by atoms with Crippen molar-refractivity contribution >= 4 is 22.5 Å². The number of hydrogen-bond acceptors (Lipinski definition) is 5. The van der Waals surface area contributed by atoms with Crippen molar-refractivity contribution in [3.8, 4) is 0 Å². The molecule has 5 nitrogen and oxygen atoms in total. The molecule has 0 aromatic carbocycles. The molecule has 0 bridgehead atoms. The lowest BCUT2D eigenvalue weighted by Gasteiger charge is -2.31. The molecule has 20 heavy (non-hydrogen) atoms. The molecule has 1 unspecified atom stereocenters. The number of hydrogen-bond donors (Lipinski definition) is 1. The van der Waals surface area contributed by atoms with E-state index in [0.29, 0.717) is 0 Å². The SMILES string of the molecule is CN(C)C(CC(C)(C)N)c1nc(Cl)nc2cnccc12. The first kappa shape index (κ1) is 15.1. The molecule has 0 aliphatic rings. The second-order valence-corrected chi connectivity index (χ2v) is 6.28. The Balaban J connectivity index is 2.58. The highest BCUT2D eigenvalue weighted by Gasteiger charge is 2.25. The van der Waals surface area contributed by atoms with Gasteiger partial charge in [-0.15, -0.1) is 0 Å². The van der Waals surface area contributed by atoms with Crippen molar-refractivity contribution in [3.05, 3.63) is 29.4 Å². The summed E-state index contributed by atoms with van der Waals surface area (Å²) < 4.78 is 0. The smallest absolute Gasteiger partial charge is 0.223 e. The van der Waals surface area contributed by atoms with Crippen molar-refractivity contribution in [2.75, 3.05) is 14.1 Å². The minimum atomic E-state index is -0.300. The third kappa shape index (κ3) is 3.42. The van der Waals surface area contributed by atoms with E-state index < -0.39 is 0 Å². The third-order valence-corrected chi connectivity index (χ3v) is 3.33. The van der Waals surface area contributed by atoms with Gasteiger partial charge in [-0.05, 0) is 52.0 Å². The van der Waals surface area contributed by atoms with Crippen molar-refractivity contribution in [3.63, 3.8) is 0 Å². The fourth-order valence-corrected chi connectivity index (χ4v) is 2.43. The minimum absolute atomic E-state index is 0.0698. The predicted octanol–water partition coefficient (Wildman–Crippen LogP) is 2.41. The van der Waals surface area contributed by atoms with Crippen molar-refractivity contribution in [2.45, 2.75) is 31.8 Å². The molecule has 6 heteroatoms. The summed E-state index contributed by atoms with van der Waals surface area (Å²) in [6.45, 7) is 4.02. The first-order chi connectivity index (χ1) is 9.28. The molecule has 2 rings (SSSR count). The molecule has 2 aromatic heterocycles. The molecular formula is C14H20ClN5. The summed E-state index contributed by atoms with van der Waals surface area (Å²) in [5.74, 6) is 0. The van der Waals surface area contributed by atoms with Crippen LogP contribution in [-0.4, -0.2) is 39.5 Å². The van der Waals surface area contributed by atoms with Gasteiger partial charge in [0.15, 0.2) is 0 Å². The van der Waals surface area contributed by atoms with Crippen LogP contribution < -0.4 is 5.73 Å². The van der Waals surface area contributed by atoms with Crippen molar-refractivity contribution in [1.82, 2.24) is 19.9 Å². The lowest BCUT2D eigenvalue weighted by molar-refractivity contribution is 0.240. The molecule has 0 amide bonds. The Morgan fingerprint density at radius 1 is 1.35 bits per heavy atom. The van der Waals surface area contributed by atoms with Gasteiger partial charge < -0.3 is 10.6 Å². The number of halogens is 1. The molecule has 108 valence electrons. The zero-order valence-corrected chi connectivity index (χ0v) is 13.0. The molecule has 0 saturated carbocycles. The van der Waals surface area contributed by atoms with Gasteiger partial charge in [-0.2, -0.15) is 0 Å². The Hall–Kier alpha value is -1.30. The Morgan fingerprint density at radius 3 is 2.65 bits per heavy atom. The summed E-state index contributed by atoms with van der Waals surface area (Å²) in [6, 6.07) is 1.99. The molecule has 2 heterocycles. The van der Waals surface area contributed by atoms with Crippen LogP contribution in [-0.2, 0) is 0 Å². The normalized spacial score (nSPS) is 13.9. The monoisotopic (exact) mass is 293 g/mol. The van der Waals surface area contributed by atoms with Crippen LogP contribution in [0.1, 0.15) is 32.0 Å². The van der Waals surface area contributed by atoms with Gasteiger partial charge in [-0.1, -0.05) is 0 Å². The first-order valence-corrected chi connectivity index (χ1v) is 6.88. The average molecular weight is 294 g/mol. The lowest BCUT2D eigenvalue weighted by Crippen LogP contribution is -2.37. The lowest BCUT2D eigenvalue weighted by atomic mass is 9.92. The van der Waals surface area contributed by atoms with Crippen LogP contribution in [0.3, 0.4) is 0 Å². The fraction of sp³-hybridized carbons (Fsp3) is 0.500. The zero-order chi connectivity index (χ0) is 14.9. The second-order valence-electron chi connectivity index (χ2n) is 5.94. The van der Waals surface area contributed by atoms with Gasteiger partial charge in [-0.3, -0.25) is 4.98 Å². The highest BCUT2D eigenvalue weighted by atomic mass is 35.5. The van der Waals surface area contributed by atoms with Crippen LogP contribution in [0.5, 0.6) is 0 Å². The first-order valence-electron chi connectivity index (χ1n) is 6.50. The van der Waals surface area contributed by atoms with Crippen LogP contribution in [0.2, 0.25) is 5.28 Å². The molecule has 0 aliphatic heterocycles. The molecule has 0 aliphatic carbocycles. The van der Waals surface area contributed by atoms with E-state index in [1.54, 1.807) is 12.4 Å². The Labute approximate surface area is 124 Å². The summed E-state index contributed by atoms with van der Waals surface area (Å²) in [4.78, 5) is 14.8. The summed E-state index contributed by atoms with van der Waals surface area (Å²) >= 11 is 6.04. The average Bonchev–Trinajstić information content (AvgIpc) is 2.33. The van der Waals surface area contributed by atoms with E-state index in [2.05, 4.69) is 19.9 Å². The van der Waals surface area contributed by atoms with Gasteiger partial charge in [0, 0.05) is 17.1 Å². The Kier molecular flexibility index (Phi) is 4.22. The van der Waals surface area contributed by atoms with E-state index >= 15 is 0 Å². The van der Waals surface area contributed by atoms with Crippen LogP contribution in [0.15, 0.2) is 18.5 Å².